The van der Waals surface area contributed by atoms with Gasteiger partial charge < -0.3 is 43.7 Å². The van der Waals surface area contributed by atoms with E-state index in [1.807, 2.05) is 0 Å². The standard InChI is InChI=1S/C39H45N3O9/c1-7-10-25-31(49-22-19-46-4)16-13-28(34(25)43)37-40-38(29-14-17-32(50-23-20-47-5)26(11-8-2)35(29)44)42-39(41-37)30-15-18-33(51-24-21-48-6)27(12-9-3)36(30)45/h7-9,13-18,43-45H,1-3,10-12,19-24H2,4-6H3. The smallest absolute Gasteiger partial charge is 0.167 e. The summed E-state index contributed by atoms with van der Waals surface area (Å²) in [7, 11) is 4.72. The summed E-state index contributed by atoms with van der Waals surface area (Å²) in [6.07, 6.45) is 5.82. The van der Waals surface area contributed by atoms with Crippen molar-refractivity contribution in [3.8, 4) is 68.7 Å². The lowest BCUT2D eigenvalue weighted by Crippen LogP contribution is -2.08. The van der Waals surface area contributed by atoms with Crippen LogP contribution in [0.1, 0.15) is 16.7 Å². The van der Waals surface area contributed by atoms with E-state index in [1.54, 1.807) is 76.0 Å². The minimum Gasteiger partial charge on any atom is -0.507 e. The molecule has 0 spiro atoms. The van der Waals surface area contributed by atoms with Crippen LogP contribution >= 0.6 is 0 Å². The fraction of sp³-hybridized carbons (Fsp3) is 0.308. The fourth-order valence-corrected chi connectivity index (χ4v) is 5.27. The number of phenolic OH excluding ortho intramolecular Hbond substituents is 3. The Morgan fingerprint density at radius 1 is 0.471 bits per heavy atom. The monoisotopic (exact) mass is 699 g/mol. The van der Waals surface area contributed by atoms with E-state index in [2.05, 4.69) is 19.7 Å². The number of aromatic hydroxyl groups is 3. The summed E-state index contributed by atoms with van der Waals surface area (Å²) in [6, 6.07) is 10.0. The Labute approximate surface area is 298 Å². The van der Waals surface area contributed by atoms with Crippen LogP contribution in [0.25, 0.3) is 34.2 Å². The number of allylic oxidation sites excluding steroid dienone is 3. The van der Waals surface area contributed by atoms with Gasteiger partial charge in [-0.15, -0.1) is 19.7 Å². The lowest BCUT2D eigenvalue weighted by atomic mass is 10.0. The summed E-state index contributed by atoms with van der Waals surface area (Å²) in [5.74, 6) is 1.24. The maximum Gasteiger partial charge on any atom is 0.167 e. The molecule has 270 valence electrons. The molecule has 1 heterocycles. The number of benzene rings is 3. The third-order valence-corrected chi connectivity index (χ3v) is 7.76. The van der Waals surface area contributed by atoms with Gasteiger partial charge in [0.1, 0.15) is 54.3 Å². The molecule has 0 aliphatic carbocycles. The van der Waals surface area contributed by atoms with Crippen LogP contribution in [0.4, 0.5) is 0 Å². The largest absolute Gasteiger partial charge is 0.507 e. The Morgan fingerprint density at radius 2 is 0.745 bits per heavy atom. The fourth-order valence-electron chi connectivity index (χ4n) is 5.27. The first-order valence-electron chi connectivity index (χ1n) is 16.3. The summed E-state index contributed by atoms with van der Waals surface area (Å²) in [4.78, 5) is 14.2. The second-order valence-corrected chi connectivity index (χ2v) is 11.1. The normalized spacial score (nSPS) is 10.9. The van der Waals surface area contributed by atoms with Gasteiger partial charge in [-0.2, -0.15) is 0 Å². The minimum atomic E-state index is -0.121. The molecule has 51 heavy (non-hydrogen) atoms. The van der Waals surface area contributed by atoms with E-state index in [9.17, 15) is 15.3 Å². The van der Waals surface area contributed by atoms with Gasteiger partial charge in [0, 0.05) is 38.0 Å². The third-order valence-electron chi connectivity index (χ3n) is 7.76. The highest BCUT2D eigenvalue weighted by Crippen LogP contribution is 2.42. The first-order valence-corrected chi connectivity index (χ1v) is 16.3. The van der Waals surface area contributed by atoms with Crippen LogP contribution in [0.5, 0.6) is 34.5 Å². The van der Waals surface area contributed by atoms with Crippen molar-refractivity contribution in [2.45, 2.75) is 19.3 Å². The zero-order valence-corrected chi connectivity index (χ0v) is 29.3. The molecule has 0 fully saturated rings. The van der Waals surface area contributed by atoms with E-state index in [-0.39, 0.29) is 71.2 Å². The summed E-state index contributed by atoms with van der Waals surface area (Å²) in [5, 5.41) is 34.8. The third kappa shape index (κ3) is 9.23. The molecule has 0 saturated carbocycles. The van der Waals surface area contributed by atoms with E-state index in [0.717, 1.165) is 0 Å². The van der Waals surface area contributed by atoms with E-state index < -0.39 is 0 Å². The number of hydrogen-bond donors (Lipinski definition) is 3. The number of aromatic nitrogens is 3. The molecule has 0 radical (unpaired) electrons. The first-order chi connectivity index (χ1) is 24.8. The van der Waals surface area contributed by atoms with Gasteiger partial charge in [0.05, 0.1) is 36.5 Å². The average molecular weight is 700 g/mol. The van der Waals surface area contributed by atoms with Gasteiger partial charge in [-0.1, -0.05) is 18.2 Å². The molecule has 0 saturated heterocycles. The molecule has 0 amide bonds. The van der Waals surface area contributed by atoms with Gasteiger partial charge in [0.25, 0.3) is 0 Å². The molecule has 0 aliphatic heterocycles. The van der Waals surface area contributed by atoms with Crippen molar-refractivity contribution in [2.24, 2.45) is 0 Å². The second-order valence-electron chi connectivity index (χ2n) is 11.1. The molecular formula is C39H45N3O9. The summed E-state index contributed by atoms with van der Waals surface area (Å²) in [6.45, 7) is 13.4. The Balaban J connectivity index is 1.97. The highest BCUT2D eigenvalue weighted by Gasteiger charge is 2.24. The molecule has 4 rings (SSSR count). The Morgan fingerprint density at radius 3 is 0.980 bits per heavy atom. The van der Waals surface area contributed by atoms with E-state index in [0.29, 0.717) is 73.0 Å². The predicted molar refractivity (Wildman–Crippen MR) is 195 cm³/mol. The summed E-state index contributed by atoms with van der Waals surface area (Å²) < 4.78 is 33.0. The number of hydrogen-bond acceptors (Lipinski definition) is 12. The van der Waals surface area contributed by atoms with Gasteiger partial charge in [-0.05, 0) is 55.7 Å². The molecule has 0 bridgehead atoms. The summed E-state index contributed by atoms with van der Waals surface area (Å²) >= 11 is 0. The molecule has 0 atom stereocenters. The Hall–Kier alpha value is -5.43. The molecule has 3 aromatic carbocycles. The quantitative estimate of drug-likeness (QED) is 0.0665. The maximum absolute atomic E-state index is 11.6. The summed E-state index contributed by atoms with van der Waals surface area (Å²) in [5.41, 5.74) is 2.24. The van der Waals surface area contributed by atoms with Gasteiger partial charge in [-0.3, -0.25) is 0 Å². The molecule has 3 N–H and O–H groups in total. The van der Waals surface area contributed by atoms with Crippen LogP contribution in [0.2, 0.25) is 0 Å². The zero-order chi connectivity index (χ0) is 36.8. The number of nitrogens with zero attached hydrogens (tertiary/aromatic N) is 3. The zero-order valence-electron chi connectivity index (χ0n) is 29.3. The van der Waals surface area contributed by atoms with Crippen molar-refractivity contribution < 1.29 is 43.7 Å². The maximum atomic E-state index is 11.6. The lowest BCUT2D eigenvalue weighted by Gasteiger charge is -2.18. The molecule has 0 unspecified atom stereocenters. The van der Waals surface area contributed by atoms with Crippen molar-refractivity contribution in [3.05, 3.63) is 91.1 Å². The Bertz CT molecular complexity index is 1610. The SMILES string of the molecule is C=CCc1c(OCCOC)ccc(-c2nc(-c3ccc(OCCOC)c(CC=C)c3O)nc(-c3ccc(OCCOC)c(CC=C)c3O)n2)c1O. The van der Waals surface area contributed by atoms with Crippen LogP contribution in [0, 0.1) is 0 Å². The van der Waals surface area contributed by atoms with Crippen LogP contribution in [-0.4, -0.2) is 91.2 Å². The highest BCUT2D eigenvalue weighted by molar-refractivity contribution is 5.77. The second kappa shape index (κ2) is 19.1. The van der Waals surface area contributed by atoms with Crippen molar-refractivity contribution in [1.82, 2.24) is 15.0 Å². The van der Waals surface area contributed by atoms with Crippen LogP contribution in [0.3, 0.4) is 0 Å². The topological polar surface area (TPSA) is 155 Å². The Kier molecular flexibility index (Phi) is 14.4. The number of methoxy groups -OCH3 is 3. The van der Waals surface area contributed by atoms with Crippen molar-refractivity contribution in [1.29, 1.82) is 0 Å². The molecular weight excluding hydrogens is 654 g/mol. The number of rotatable bonds is 21. The van der Waals surface area contributed by atoms with Gasteiger partial charge in [0.2, 0.25) is 0 Å². The molecule has 4 aromatic rings. The van der Waals surface area contributed by atoms with Gasteiger partial charge >= 0.3 is 0 Å². The highest BCUT2D eigenvalue weighted by atomic mass is 16.5. The van der Waals surface area contributed by atoms with Crippen molar-refractivity contribution in [3.63, 3.8) is 0 Å². The molecule has 1 aromatic heterocycles. The number of phenols is 3. The van der Waals surface area contributed by atoms with Gasteiger partial charge in [-0.25, -0.2) is 15.0 Å². The molecule has 0 aliphatic rings. The van der Waals surface area contributed by atoms with Crippen LogP contribution in [0.15, 0.2) is 74.4 Å². The average Bonchev–Trinajstić information content (AvgIpc) is 3.12. The lowest BCUT2D eigenvalue weighted by molar-refractivity contribution is 0.145. The van der Waals surface area contributed by atoms with Crippen molar-refractivity contribution in [2.75, 3.05) is 61.0 Å². The number of ether oxygens (including phenoxy) is 6. The van der Waals surface area contributed by atoms with E-state index in [4.69, 9.17) is 43.4 Å². The van der Waals surface area contributed by atoms with Crippen LogP contribution in [-0.2, 0) is 33.5 Å². The van der Waals surface area contributed by atoms with E-state index >= 15 is 0 Å². The van der Waals surface area contributed by atoms with Crippen LogP contribution < -0.4 is 14.2 Å². The van der Waals surface area contributed by atoms with E-state index in [1.165, 1.54) is 0 Å². The van der Waals surface area contributed by atoms with Crippen molar-refractivity contribution >= 4 is 0 Å². The first kappa shape index (κ1) is 38.4. The minimum absolute atomic E-state index is 0.0800. The van der Waals surface area contributed by atoms with Gasteiger partial charge in [0.15, 0.2) is 17.5 Å². The molecule has 12 nitrogen and oxygen atoms in total. The predicted octanol–water partition coefficient (Wildman–Crippen LogP) is 6.25. The molecule has 12 heteroatoms.